The van der Waals surface area contributed by atoms with Crippen LogP contribution in [-0.2, 0) is 11.3 Å². The molecule has 0 radical (unpaired) electrons. The van der Waals surface area contributed by atoms with Crippen LogP contribution in [-0.4, -0.2) is 57.8 Å². The van der Waals surface area contributed by atoms with Gasteiger partial charge in [0, 0.05) is 26.6 Å². The summed E-state index contributed by atoms with van der Waals surface area (Å²) in [6, 6.07) is 0.615. The Labute approximate surface area is 114 Å². The maximum Gasteiger partial charge on any atom is 0.326 e. The lowest BCUT2D eigenvalue weighted by Gasteiger charge is -2.27. The molecule has 0 spiro atoms. The van der Waals surface area contributed by atoms with E-state index in [1.165, 1.54) is 9.80 Å². The van der Waals surface area contributed by atoms with Gasteiger partial charge < -0.3 is 20.0 Å². The molecule has 0 saturated carbocycles. The number of carboxylic acids is 1. The molecular formula is C12H16N2O4S. The SMILES string of the molecule is CN(Cc1ccsc1)C(=O)N1C[C@H](O)C[C@@H]1C(=O)O. The molecule has 7 heteroatoms. The summed E-state index contributed by atoms with van der Waals surface area (Å²) in [5.74, 6) is -1.08. The summed E-state index contributed by atoms with van der Waals surface area (Å²) < 4.78 is 0. The highest BCUT2D eigenvalue weighted by atomic mass is 32.1. The van der Waals surface area contributed by atoms with Gasteiger partial charge in [0.2, 0.25) is 0 Å². The van der Waals surface area contributed by atoms with Crippen LogP contribution < -0.4 is 0 Å². The van der Waals surface area contributed by atoms with Gasteiger partial charge in [-0.3, -0.25) is 0 Å². The van der Waals surface area contributed by atoms with Crippen molar-refractivity contribution in [3.8, 4) is 0 Å². The highest BCUT2D eigenvalue weighted by Crippen LogP contribution is 2.20. The van der Waals surface area contributed by atoms with Gasteiger partial charge in [0.15, 0.2) is 0 Å². The molecule has 19 heavy (non-hydrogen) atoms. The van der Waals surface area contributed by atoms with E-state index in [1.807, 2.05) is 16.8 Å². The van der Waals surface area contributed by atoms with Crippen LogP contribution in [0.5, 0.6) is 0 Å². The number of carboxylic acid groups (broad SMARTS) is 1. The zero-order chi connectivity index (χ0) is 14.0. The van der Waals surface area contributed by atoms with Gasteiger partial charge in [-0.05, 0) is 22.4 Å². The van der Waals surface area contributed by atoms with E-state index >= 15 is 0 Å². The van der Waals surface area contributed by atoms with E-state index in [0.717, 1.165) is 5.56 Å². The highest BCUT2D eigenvalue weighted by molar-refractivity contribution is 7.07. The minimum Gasteiger partial charge on any atom is -0.480 e. The van der Waals surface area contributed by atoms with Gasteiger partial charge >= 0.3 is 12.0 Å². The highest BCUT2D eigenvalue weighted by Gasteiger charge is 2.39. The summed E-state index contributed by atoms with van der Waals surface area (Å²) in [6.45, 7) is 0.505. The van der Waals surface area contributed by atoms with Crippen molar-refractivity contribution >= 4 is 23.3 Å². The van der Waals surface area contributed by atoms with Gasteiger partial charge in [-0.2, -0.15) is 11.3 Å². The third kappa shape index (κ3) is 3.05. The molecule has 0 aliphatic carbocycles. The van der Waals surface area contributed by atoms with Crippen molar-refractivity contribution in [3.05, 3.63) is 22.4 Å². The average molecular weight is 284 g/mol. The molecule has 104 valence electrons. The van der Waals surface area contributed by atoms with E-state index in [4.69, 9.17) is 5.11 Å². The zero-order valence-electron chi connectivity index (χ0n) is 10.5. The van der Waals surface area contributed by atoms with Crippen LogP contribution in [0, 0.1) is 0 Å². The lowest BCUT2D eigenvalue weighted by Crippen LogP contribution is -2.46. The first-order chi connectivity index (χ1) is 8.99. The monoisotopic (exact) mass is 284 g/mol. The van der Waals surface area contributed by atoms with E-state index in [1.54, 1.807) is 18.4 Å². The number of urea groups is 1. The van der Waals surface area contributed by atoms with Crippen LogP contribution in [0.25, 0.3) is 0 Å². The van der Waals surface area contributed by atoms with Gasteiger partial charge in [-0.25, -0.2) is 9.59 Å². The van der Waals surface area contributed by atoms with Gasteiger partial charge in [0.1, 0.15) is 6.04 Å². The molecule has 1 aliphatic rings. The number of likely N-dealkylation sites (tertiary alicyclic amines) is 1. The first-order valence-corrected chi connectivity index (χ1v) is 6.87. The number of nitrogens with zero attached hydrogens (tertiary/aromatic N) is 2. The Kier molecular flexibility index (Phi) is 4.06. The zero-order valence-corrected chi connectivity index (χ0v) is 11.3. The smallest absolute Gasteiger partial charge is 0.326 e. The molecule has 1 fully saturated rings. The molecule has 2 N–H and O–H groups in total. The summed E-state index contributed by atoms with van der Waals surface area (Å²) in [7, 11) is 1.63. The first kappa shape index (κ1) is 13.8. The summed E-state index contributed by atoms with van der Waals surface area (Å²) in [5.41, 5.74) is 1.01. The van der Waals surface area contributed by atoms with Gasteiger partial charge in [-0.15, -0.1) is 0 Å². The van der Waals surface area contributed by atoms with E-state index in [9.17, 15) is 14.7 Å². The Morgan fingerprint density at radius 1 is 1.58 bits per heavy atom. The average Bonchev–Trinajstić information content (AvgIpc) is 2.97. The largest absolute Gasteiger partial charge is 0.480 e. The Morgan fingerprint density at radius 2 is 2.32 bits per heavy atom. The Bertz CT molecular complexity index is 462. The summed E-state index contributed by atoms with van der Waals surface area (Å²) in [5, 5.41) is 22.5. The summed E-state index contributed by atoms with van der Waals surface area (Å²) in [6.07, 6.45) is -0.674. The molecule has 1 aliphatic heterocycles. The van der Waals surface area contributed by atoms with Crippen molar-refractivity contribution in [2.24, 2.45) is 0 Å². The van der Waals surface area contributed by atoms with Crippen LogP contribution >= 0.6 is 11.3 Å². The minimum absolute atomic E-state index is 0.0732. The normalized spacial score (nSPS) is 22.5. The number of aliphatic hydroxyl groups is 1. The first-order valence-electron chi connectivity index (χ1n) is 5.92. The van der Waals surface area contributed by atoms with Gasteiger partial charge in [0.05, 0.1) is 6.10 Å². The van der Waals surface area contributed by atoms with Crippen molar-refractivity contribution in [1.29, 1.82) is 0 Å². The predicted octanol–water partition coefficient (Wildman–Crippen LogP) is 0.820. The number of carbonyl (C=O) groups excluding carboxylic acids is 1. The van der Waals surface area contributed by atoms with E-state index in [-0.39, 0.29) is 19.0 Å². The van der Waals surface area contributed by atoms with E-state index in [0.29, 0.717) is 6.54 Å². The Morgan fingerprint density at radius 3 is 2.89 bits per heavy atom. The molecular weight excluding hydrogens is 268 g/mol. The predicted molar refractivity (Wildman–Crippen MR) is 69.9 cm³/mol. The van der Waals surface area contributed by atoms with Crippen LogP contribution in [0.4, 0.5) is 4.79 Å². The number of thiophene rings is 1. The molecule has 2 rings (SSSR count). The number of carbonyl (C=O) groups is 2. The standard InChI is InChI=1S/C12H16N2O4S/c1-13(5-8-2-3-19-7-8)12(18)14-6-9(15)4-10(14)11(16)17/h2-3,7,9-10,15H,4-6H2,1H3,(H,16,17)/t9-,10-/m1/s1. The van der Waals surface area contributed by atoms with Crippen molar-refractivity contribution in [2.45, 2.75) is 25.1 Å². The number of β-amino-alcohol motifs (C(OH)–C–C–N with tert-alkyl or cyclic N) is 1. The Balaban J connectivity index is 2.03. The fourth-order valence-corrected chi connectivity index (χ4v) is 2.86. The molecule has 2 heterocycles. The van der Waals surface area contributed by atoms with Crippen molar-refractivity contribution in [1.82, 2.24) is 9.80 Å². The second-order valence-corrected chi connectivity index (χ2v) is 5.45. The number of aliphatic carboxylic acids is 1. The van der Waals surface area contributed by atoms with Crippen LogP contribution in [0.15, 0.2) is 16.8 Å². The van der Waals surface area contributed by atoms with Crippen molar-refractivity contribution in [3.63, 3.8) is 0 Å². The molecule has 0 bridgehead atoms. The molecule has 2 atom stereocenters. The molecule has 1 aromatic rings. The van der Waals surface area contributed by atoms with Gasteiger partial charge in [-0.1, -0.05) is 0 Å². The molecule has 1 aromatic heterocycles. The maximum atomic E-state index is 12.2. The number of hydrogen-bond donors (Lipinski definition) is 2. The van der Waals surface area contributed by atoms with Crippen LogP contribution in [0.2, 0.25) is 0 Å². The van der Waals surface area contributed by atoms with Crippen molar-refractivity contribution < 1.29 is 19.8 Å². The molecule has 0 aromatic carbocycles. The molecule has 6 nitrogen and oxygen atoms in total. The van der Waals surface area contributed by atoms with Crippen molar-refractivity contribution in [2.75, 3.05) is 13.6 Å². The molecule has 2 amide bonds. The number of rotatable bonds is 3. The molecule has 0 unspecified atom stereocenters. The Hall–Kier alpha value is -1.60. The number of hydrogen-bond acceptors (Lipinski definition) is 4. The van der Waals surface area contributed by atoms with Gasteiger partial charge in [0.25, 0.3) is 0 Å². The van der Waals surface area contributed by atoms with E-state index < -0.39 is 18.1 Å². The third-order valence-corrected chi connectivity index (χ3v) is 3.87. The minimum atomic E-state index is -1.08. The topological polar surface area (TPSA) is 81.1 Å². The fraction of sp³-hybridized carbons (Fsp3) is 0.500. The second-order valence-electron chi connectivity index (χ2n) is 4.67. The fourth-order valence-electron chi connectivity index (χ4n) is 2.20. The van der Waals surface area contributed by atoms with Crippen LogP contribution in [0.1, 0.15) is 12.0 Å². The number of aliphatic hydroxyl groups excluding tert-OH is 1. The third-order valence-electron chi connectivity index (χ3n) is 3.14. The number of amides is 2. The lowest BCUT2D eigenvalue weighted by molar-refractivity contribution is -0.141. The quantitative estimate of drug-likeness (QED) is 0.861. The van der Waals surface area contributed by atoms with E-state index in [2.05, 4.69) is 0 Å². The molecule has 1 saturated heterocycles. The summed E-state index contributed by atoms with van der Waals surface area (Å²) >= 11 is 1.55. The summed E-state index contributed by atoms with van der Waals surface area (Å²) in [4.78, 5) is 26.0. The lowest BCUT2D eigenvalue weighted by atomic mass is 10.2. The second kappa shape index (κ2) is 5.58. The van der Waals surface area contributed by atoms with Crippen LogP contribution in [0.3, 0.4) is 0 Å². The maximum absolute atomic E-state index is 12.2.